The van der Waals surface area contributed by atoms with E-state index in [1.54, 1.807) is 0 Å². The van der Waals surface area contributed by atoms with E-state index in [1.165, 1.54) is 33.4 Å². The Morgan fingerprint density at radius 1 is 0.667 bits per heavy atom. The number of halogens is 2. The van der Waals surface area contributed by atoms with Crippen LogP contribution in [0.25, 0.3) is 0 Å². The smallest absolute Gasteiger partial charge is 1.00 e. The average Bonchev–Trinajstić information content (AvgIpc) is 2.74. The maximum absolute atomic E-state index is 3.00. The van der Waals surface area contributed by atoms with Gasteiger partial charge in [0.1, 0.15) is 0 Å². The van der Waals surface area contributed by atoms with Crippen molar-refractivity contribution < 1.29 is 50.7 Å². The molecule has 3 heteroatoms. The third-order valence-corrected chi connectivity index (χ3v) is 3.02. The van der Waals surface area contributed by atoms with Crippen LogP contribution in [-0.4, -0.2) is 0 Å². The van der Waals surface area contributed by atoms with Gasteiger partial charge in [-0.2, -0.15) is 45.5 Å². The summed E-state index contributed by atoms with van der Waals surface area (Å²) in [5.74, 6) is 0. The Balaban J connectivity index is -0.000000109. The first-order valence-electron chi connectivity index (χ1n) is 6.31. The van der Waals surface area contributed by atoms with E-state index in [1.807, 2.05) is 0 Å². The molecule has 0 aliphatic rings. The standard InChI is InChI=1S/2C8H11.C2H4.2ClH.Hf/c2*1-6-4-7(2)8(3)5-6;1-2;;;/h2*4-5H,1-3H3;1-2H2;2*1H;/q2*-1;;;;+4/p-2. The molecule has 0 aliphatic heterocycles. The molecular formula is C18H26Cl2Hf. The van der Waals surface area contributed by atoms with Crippen LogP contribution < -0.4 is 24.8 Å². The predicted molar refractivity (Wildman–Crippen MR) is 83.7 cm³/mol. The molecular weight excluding hydrogens is 466 g/mol. The second-order valence-corrected chi connectivity index (χ2v) is 4.80. The summed E-state index contributed by atoms with van der Waals surface area (Å²) in [4.78, 5) is 0. The van der Waals surface area contributed by atoms with E-state index in [4.69, 9.17) is 0 Å². The summed E-state index contributed by atoms with van der Waals surface area (Å²) in [6.45, 7) is 18.8. The van der Waals surface area contributed by atoms with Crippen molar-refractivity contribution >= 4 is 0 Å². The van der Waals surface area contributed by atoms with Crippen LogP contribution in [0.5, 0.6) is 0 Å². The van der Waals surface area contributed by atoms with Crippen LogP contribution in [0.15, 0.2) is 37.4 Å². The van der Waals surface area contributed by atoms with Gasteiger partial charge in [0.25, 0.3) is 0 Å². The van der Waals surface area contributed by atoms with E-state index in [2.05, 4.69) is 79.0 Å². The Kier molecular flexibility index (Phi) is 20.4. The van der Waals surface area contributed by atoms with Gasteiger partial charge in [0.15, 0.2) is 0 Å². The van der Waals surface area contributed by atoms with Crippen molar-refractivity contribution in [1.82, 2.24) is 0 Å². The van der Waals surface area contributed by atoms with Gasteiger partial charge >= 0.3 is 25.8 Å². The Morgan fingerprint density at radius 3 is 0.952 bits per heavy atom. The molecule has 0 fully saturated rings. The van der Waals surface area contributed by atoms with Crippen LogP contribution in [0, 0.1) is 41.5 Å². The van der Waals surface area contributed by atoms with Gasteiger partial charge in [-0.15, -0.1) is 13.2 Å². The van der Waals surface area contributed by atoms with E-state index in [0.717, 1.165) is 0 Å². The summed E-state index contributed by atoms with van der Waals surface area (Å²) in [6, 6.07) is 8.81. The molecule has 0 amide bonds. The normalized spacial score (nSPS) is 7.71. The fourth-order valence-electron chi connectivity index (χ4n) is 1.90. The Bertz CT molecular complexity index is 398. The average molecular weight is 492 g/mol. The quantitative estimate of drug-likeness (QED) is 0.264. The van der Waals surface area contributed by atoms with Crippen molar-refractivity contribution in [2.75, 3.05) is 0 Å². The molecule has 0 nitrogen and oxygen atoms in total. The van der Waals surface area contributed by atoms with Crippen molar-refractivity contribution in [2.24, 2.45) is 0 Å². The van der Waals surface area contributed by atoms with Gasteiger partial charge in [-0.25, -0.2) is 12.1 Å². The van der Waals surface area contributed by atoms with Gasteiger partial charge in [-0.3, -0.25) is 0 Å². The maximum atomic E-state index is 3.00. The van der Waals surface area contributed by atoms with Crippen LogP contribution in [0.4, 0.5) is 0 Å². The Labute approximate surface area is 162 Å². The minimum absolute atomic E-state index is 0. The van der Waals surface area contributed by atoms with Crippen molar-refractivity contribution in [2.45, 2.75) is 41.5 Å². The van der Waals surface area contributed by atoms with E-state index < -0.39 is 0 Å². The zero-order valence-electron chi connectivity index (χ0n) is 14.0. The summed E-state index contributed by atoms with van der Waals surface area (Å²) in [6.07, 6.45) is 0. The van der Waals surface area contributed by atoms with Crippen molar-refractivity contribution in [3.05, 3.63) is 70.8 Å². The van der Waals surface area contributed by atoms with Gasteiger partial charge in [-0.05, 0) is 0 Å². The second-order valence-electron chi connectivity index (χ2n) is 4.80. The van der Waals surface area contributed by atoms with Gasteiger partial charge < -0.3 is 24.8 Å². The molecule has 0 N–H and O–H groups in total. The zero-order valence-corrected chi connectivity index (χ0v) is 19.1. The van der Waals surface area contributed by atoms with Gasteiger partial charge in [0.2, 0.25) is 0 Å². The maximum Gasteiger partial charge on any atom is 4.00 e. The van der Waals surface area contributed by atoms with Gasteiger partial charge in [0.05, 0.1) is 0 Å². The molecule has 0 bridgehead atoms. The molecule has 0 unspecified atom stereocenters. The molecule has 0 radical (unpaired) electrons. The van der Waals surface area contributed by atoms with E-state index >= 15 is 0 Å². The summed E-state index contributed by atoms with van der Waals surface area (Å²) < 4.78 is 0. The molecule has 21 heavy (non-hydrogen) atoms. The molecule has 2 aromatic carbocycles. The van der Waals surface area contributed by atoms with Crippen molar-refractivity contribution in [3.8, 4) is 0 Å². The molecule has 2 rings (SSSR count). The summed E-state index contributed by atoms with van der Waals surface area (Å²) in [5.41, 5.74) is 8.37. The minimum Gasteiger partial charge on any atom is -1.00 e. The molecule has 0 heterocycles. The van der Waals surface area contributed by atoms with E-state index in [9.17, 15) is 0 Å². The first kappa shape index (κ1) is 29.0. The van der Waals surface area contributed by atoms with Crippen molar-refractivity contribution in [1.29, 1.82) is 0 Å². The fourth-order valence-corrected chi connectivity index (χ4v) is 1.90. The molecule has 0 saturated carbocycles. The van der Waals surface area contributed by atoms with E-state index in [0.29, 0.717) is 0 Å². The second kappa shape index (κ2) is 14.8. The van der Waals surface area contributed by atoms with Crippen molar-refractivity contribution in [3.63, 3.8) is 0 Å². The third kappa shape index (κ3) is 11.2. The van der Waals surface area contributed by atoms with Crippen LogP contribution in [-0.2, 0) is 25.8 Å². The van der Waals surface area contributed by atoms with E-state index in [-0.39, 0.29) is 50.7 Å². The number of hydrogen-bond acceptors (Lipinski definition) is 0. The summed E-state index contributed by atoms with van der Waals surface area (Å²) >= 11 is 0. The van der Waals surface area contributed by atoms with Gasteiger partial charge in [0, 0.05) is 0 Å². The summed E-state index contributed by atoms with van der Waals surface area (Å²) in [7, 11) is 0. The molecule has 116 valence electrons. The Hall–Kier alpha value is -0.110. The molecule has 0 aliphatic carbocycles. The molecule has 2 aromatic rings. The van der Waals surface area contributed by atoms with Gasteiger partial charge in [-0.1, -0.05) is 41.5 Å². The minimum atomic E-state index is 0. The molecule has 0 spiro atoms. The zero-order chi connectivity index (χ0) is 14.3. The number of aryl methyl sites for hydroxylation is 6. The third-order valence-electron chi connectivity index (χ3n) is 3.02. The monoisotopic (exact) mass is 492 g/mol. The van der Waals surface area contributed by atoms with Crippen LogP contribution in [0.3, 0.4) is 0 Å². The van der Waals surface area contributed by atoms with Crippen LogP contribution >= 0.6 is 0 Å². The molecule has 0 atom stereocenters. The topological polar surface area (TPSA) is 0 Å². The SMILES string of the molecule is C=C.Cc1cc(C)c(C)[cH-]1.Cc1cc(C)c(C)[cH-]1.[Cl-].[Cl-].[Hf+4]. The van der Waals surface area contributed by atoms with Crippen LogP contribution in [0.2, 0.25) is 0 Å². The molecule has 0 aromatic heterocycles. The fraction of sp³-hybridized carbons (Fsp3) is 0.333. The Morgan fingerprint density at radius 2 is 0.905 bits per heavy atom. The number of rotatable bonds is 0. The number of hydrogen-bond donors (Lipinski definition) is 0. The largest absolute Gasteiger partial charge is 4.00 e. The van der Waals surface area contributed by atoms with Crippen LogP contribution in [0.1, 0.15) is 33.4 Å². The first-order chi connectivity index (χ1) is 8.40. The predicted octanol–water partition coefficient (Wildman–Crippen LogP) is -0.531. The summed E-state index contributed by atoms with van der Waals surface area (Å²) in [5, 5.41) is 0. The molecule has 0 saturated heterocycles. The first-order valence-corrected chi connectivity index (χ1v) is 6.31.